The van der Waals surface area contributed by atoms with Crippen LogP contribution in [0.5, 0.6) is 5.75 Å². The summed E-state index contributed by atoms with van der Waals surface area (Å²) in [6.07, 6.45) is 8.48. The van der Waals surface area contributed by atoms with Gasteiger partial charge in [-0.25, -0.2) is 4.79 Å². The van der Waals surface area contributed by atoms with E-state index >= 15 is 0 Å². The van der Waals surface area contributed by atoms with Gasteiger partial charge in [0.05, 0.1) is 5.02 Å². The van der Waals surface area contributed by atoms with Crippen LogP contribution in [0.2, 0.25) is 5.02 Å². The van der Waals surface area contributed by atoms with Gasteiger partial charge in [0.15, 0.2) is 0 Å². The number of aromatic hydroxyl groups is 1. The molecule has 4 heteroatoms. The molecule has 0 aliphatic heterocycles. The Morgan fingerprint density at radius 2 is 2.00 bits per heavy atom. The molecule has 0 atom stereocenters. The molecule has 2 aliphatic carbocycles. The summed E-state index contributed by atoms with van der Waals surface area (Å²) >= 11 is 6.15. The Morgan fingerprint density at radius 3 is 2.63 bits per heavy atom. The Morgan fingerprint density at radius 1 is 1.26 bits per heavy atom. The molecule has 100 valence electrons. The van der Waals surface area contributed by atoms with Gasteiger partial charge in [0.25, 0.3) is 0 Å². The maximum atomic E-state index is 10.7. The van der Waals surface area contributed by atoms with Gasteiger partial charge in [0, 0.05) is 5.56 Å². The number of fused-ring (bicyclic) bond motifs is 1. The summed E-state index contributed by atoms with van der Waals surface area (Å²) < 4.78 is 0. The van der Waals surface area contributed by atoms with Gasteiger partial charge in [-0.05, 0) is 62.1 Å². The van der Waals surface area contributed by atoms with Gasteiger partial charge in [-0.2, -0.15) is 4.99 Å². The van der Waals surface area contributed by atoms with Crippen molar-refractivity contribution in [1.82, 2.24) is 0 Å². The second-order valence-corrected chi connectivity index (χ2v) is 5.92. The maximum absolute atomic E-state index is 10.7. The number of rotatable bonds is 2. The van der Waals surface area contributed by atoms with Crippen molar-refractivity contribution in [2.24, 2.45) is 4.99 Å². The molecule has 0 saturated heterocycles. The summed E-state index contributed by atoms with van der Waals surface area (Å²) in [7, 11) is 0. The first-order chi connectivity index (χ1) is 9.18. The van der Waals surface area contributed by atoms with E-state index in [1.54, 1.807) is 6.08 Å². The summed E-state index contributed by atoms with van der Waals surface area (Å²) in [5, 5.41) is 10.7. The monoisotopic (exact) mass is 277 g/mol. The van der Waals surface area contributed by atoms with E-state index in [1.807, 2.05) is 6.07 Å². The minimum Gasteiger partial charge on any atom is -0.506 e. The minimum absolute atomic E-state index is 0.112. The Labute approximate surface area is 117 Å². The SMILES string of the molecule is O=C=NC1(c2c(O)c(Cl)cc3c2CCCC3)CCC1. The van der Waals surface area contributed by atoms with E-state index in [0.717, 1.165) is 56.1 Å². The third kappa shape index (κ3) is 1.89. The second kappa shape index (κ2) is 4.66. The Balaban J connectivity index is 2.24. The van der Waals surface area contributed by atoms with Crippen molar-refractivity contribution in [1.29, 1.82) is 0 Å². The first-order valence-corrected chi connectivity index (χ1v) is 7.18. The van der Waals surface area contributed by atoms with Gasteiger partial charge in [0.2, 0.25) is 6.08 Å². The van der Waals surface area contributed by atoms with Crippen LogP contribution in [0, 0.1) is 0 Å². The molecule has 0 bridgehead atoms. The first-order valence-electron chi connectivity index (χ1n) is 6.81. The molecule has 1 N–H and O–H groups in total. The van der Waals surface area contributed by atoms with Crippen LogP contribution in [-0.4, -0.2) is 11.2 Å². The highest BCUT2D eigenvalue weighted by molar-refractivity contribution is 6.32. The molecule has 19 heavy (non-hydrogen) atoms. The van der Waals surface area contributed by atoms with Crippen molar-refractivity contribution in [3.63, 3.8) is 0 Å². The molecule has 1 aromatic rings. The molecule has 0 heterocycles. The largest absolute Gasteiger partial charge is 0.506 e. The van der Waals surface area contributed by atoms with Crippen molar-refractivity contribution >= 4 is 17.7 Å². The Kier molecular flexibility index (Phi) is 3.12. The number of nitrogens with zero attached hydrogens (tertiary/aromatic N) is 1. The van der Waals surface area contributed by atoms with Crippen LogP contribution in [0.1, 0.15) is 48.8 Å². The predicted molar refractivity (Wildman–Crippen MR) is 73.4 cm³/mol. The number of aryl methyl sites for hydroxylation is 1. The number of halogens is 1. The molecule has 0 aromatic heterocycles. The summed E-state index contributed by atoms with van der Waals surface area (Å²) in [6.45, 7) is 0. The van der Waals surface area contributed by atoms with Gasteiger partial charge in [0.1, 0.15) is 11.3 Å². The number of hydrogen-bond acceptors (Lipinski definition) is 3. The smallest absolute Gasteiger partial charge is 0.235 e. The third-order valence-corrected chi connectivity index (χ3v) is 4.77. The zero-order chi connectivity index (χ0) is 13.5. The fourth-order valence-corrected chi connectivity index (χ4v) is 3.60. The fourth-order valence-electron chi connectivity index (χ4n) is 3.38. The number of benzene rings is 1. The highest BCUT2D eigenvalue weighted by Gasteiger charge is 2.43. The second-order valence-electron chi connectivity index (χ2n) is 5.52. The van der Waals surface area contributed by atoms with Crippen LogP contribution in [-0.2, 0) is 23.2 Å². The minimum atomic E-state index is -0.571. The van der Waals surface area contributed by atoms with Crippen molar-refractivity contribution in [3.8, 4) is 5.75 Å². The summed E-state index contributed by atoms with van der Waals surface area (Å²) in [5.74, 6) is 0.112. The quantitative estimate of drug-likeness (QED) is 0.663. The van der Waals surface area contributed by atoms with E-state index in [-0.39, 0.29) is 5.75 Å². The average Bonchev–Trinajstić information content (AvgIpc) is 2.36. The molecular weight excluding hydrogens is 262 g/mol. The van der Waals surface area contributed by atoms with Crippen molar-refractivity contribution < 1.29 is 9.90 Å². The molecular formula is C15H16ClNO2. The zero-order valence-corrected chi connectivity index (χ0v) is 11.5. The van der Waals surface area contributed by atoms with Crippen LogP contribution in [0.25, 0.3) is 0 Å². The predicted octanol–water partition coefficient (Wildman–Crippen LogP) is 3.64. The summed E-state index contributed by atoms with van der Waals surface area (Å²) in [5.41, 5.74) is 2.59. The van der Waals surface area contributed by atoms with Gasteiger partial charge >= 0.3 is 0 Å². The maximum Gasteiger partial charge on any atom is 0.235 e. The van der Waals surface area contributed by atoms with Crippen molar-refractivity contribution in [2.75, 3.05) is 0 Å². The third-order valence-electron chi connectivity index (χ3n) is 4.48. The normalized spacial score (nSPS) is 20.1. The molecule has 0 amide bonds. The van der Waals surface area contributed by atoms with Crippen LogP contribution in [0.15, 0.2) is 11.1 Å². The Hall–Kier alpha value is -1.31. The number of phenolic OH excluding ortho intramolecular Hbond substituents is 1. The molecule has 0 radical (unpaired) electrons. The lowest BCUT2D eigenvalue weighted by Crippen LogP contribution is -2.34. The molecule has 3 rings (SSSR count). The van der Waals surface area contributed by atoms with Crippen LogP contribution in [0.3, 0.4) is 0 Å². The molecule has 1 aromatic carbocycles. The Bertz CT molecular complexity index is 572. The average molecular weight is 278 g/mol. The number of phenols is 1. The first kappa shape index (κ1) is 12.7. The van der Waals surface area contributed by atoms with Crippen molar-refractivity contribution in [2.45, 2.75) is 50.5 Å². The number of hydrogen-bond donors (Lipinski definition) is 1. The van der Waals surface area contributed by atoms with Gasteiger partial charge in [-0.1, -0.05) is 11.6 Å². The lowest BCUT2D eigenvalue weighted by Gasteiger charge is -2.40. The summed E-state index contributed by atoms with van der Waals surface area (Å²) in [4.78, 5) is 14.8. The molecule has 1 fully saturated rings. The van der Waals surface area contributed by atoms with E-state index in [0.29, 0.717) is 5.02 Å². The van der Waals surface area contributed by atoms with E-state index in [1.165, 1.54) is 5.56 Å². The molecule has 0 unspecified atom stereocenters. The van der Waals surface area contributed by atoms with Gasteiger partial charge in [-0.3, -0.25) is 0 Å². The van der Waals surface area contributed by atoms with Crippen LogP contribution in [0.4, 0.5) is 0 Å². The lowest BCUT2D eigenvalue weighted by molar-refractivity contribution is 0.245. The van der Waals surface area contributed by atoms with E-state index in [4.69, 9.17) is 11.6 Å². The number of aliphatic imine (C=N–C) groups is 1. The van der Waals surface area contributed by atoms with Gasteiger partial charge in [-0.15, -0.1) is 0 Å². The number of isocyanates is 1. The van der Waals surface area contributed by atoms with Gasteiger partial charge < -0.3 is 5.11 Å². The van der Waals surface area contributed by atoms with E-state index in [9.17, 15) is 9.90 Å². The fraction of sp³-hybridized carbons (Fsp3) is 0.533. The van der Waals surface area contributed by atoms with Crippen molar-refractivity contribution in [3.05, 3.63) is 27.8 Å². The molecule has 2 aliphatic rings. The van der Waals surface area contributed by atoms with E-state index in [2.05, 4.69) is 4.99 Å². The van der Waals surface area contributed by atoms with E-state index < -0.39 is 5.54 Å². The zero-order valence-electron chi connectivity index (χ0n) is 10.7. The molecule has 3 nitrogen and oxygen atoms in total. The lowest BCUT2D eigenvalue weighted by atomic mass is 9.68. The molecule has 1 saturated carbocycles. The van der Waals surface area contributed by atoms with Crippen LogP contribution < -0.4 is 0 Å². The number of carbonyl (C=O) groups excluding carboxylic acids is 1. The highest BCUT2D eigenvalue weighted by atomic mass is 35.5. The topological polar surface area (TPSA) is 49.7 Å². The summed E-state index contributed by atoms with van der Waals surface area (Å²) in [6, 6.07) is 1.87. The molecule has 0 spiro atoms. The standard InChI is InChI=1S/C15H16ClNO2/c16-12-8-10-4-1-2-5-11(10)13(14(12)19)15(17-9-18)6-3-7-15/h8,19H,1-7H2. The van der Waals surface area contributed by atoms with Crippen LogP contribution >= 0.6 is 11.6 Å². The highest BCUT2D eigenvalue weighted by Crippen LogP contribution is 2.52.